The number of hydrogen-bond acceptors (Lipinski definition) is 14. The summed E-state index contributed by atoms with van der Waals surface area (Å²) in [7, 11) is -9.79. The molecule has 0 aliphatic rings. The molecule has 0 amide bonds. The molecule has 5 atom stereocenters. The molecule has 4 N–H and O–H groups in total. The van der Waals surface area contributed by atoms with Crippen molar-refractivity contribution in [1.29, 1.82) is 0 Å². The predicted octanol–water partition coefficient (Wildman–Crippen LogP) is 26.4. The maximum atomic E-state index is 13.0. The van der Waals surface area contributed by atoms with Gasteiger partial charge in [0.15, 0.2) is 6.10 Å². The monoisotopic (exact) mass is 1570 g/mol. The Labute approximate surface area is 665 Å². The Hall–Kier alpha value is -4.05. The fourth-order valence-corrected chi connectivity index (χ4v) is 13.7. The van der Waals surface area contributed by atoms with Crippen LogP contribution in [-0.2, 0) is 55.8 Å². The highest BCUT2D eigenvalue weighted by Crippen LogP contribution is 2.45. The van der Waals surface area contributed by atoms with E-state index in [-0.39, 0.29) is 19.3 Å². The van der Waals surface area contributed by atoms with Crippen LogP contribution in [0.4, 0.5) is 0 Å². The highest BCUT2D eigenvalue weighted by atomic mass is 31.2. The number of aliphatic hydroxyl groups is 2. The maximum absolute atomic E-state index is 13.0. The molecular weight excluding hydrogens is 1410 g/mol. The van der Waals surface area contributed by atoms with Crippen molar-refractivity contribution in [2.45, 2.75) is 399 Å². The number of unbranched alkanes of at least 4 members (excludes halogenated alkanes) is 40. The Morgan fingerprint density at radius 2 is 0.486 bits per heavy atom. The van der Waals surface area contributed by atoms with E-state index < -0.39 is 91.5 Å². The van der Waals surface area contributed by atoms with Crippen LogP contribution < -0.4 is 0 Å². The first kappa shape index (κ1) is 105. The number of phosphoric ester groups is 2. The second kappa shape index (κ2) is 83.4. The average molecular weight is 1570 g/mol. The lowest BCUT2D eigenvalue weighted by atomic mass is 10.0. The van der Waals surface area contributed by atoms with Gasteiger partial charge in [0.25, 0.3) is 0 Å². The van der Waals surface area contributed by atoms with Crippen molar-refractivity contribution in [3.05, 3.63) is 122 Å². The molecule has 0 radical (unpaired) electrons. The molecule has 630 valence electrons. The van der Waals surface area contributed by atoms with Gasteiger partial charge >= 0.3 is 33.6 Å². The zero-order valence-electron chi connectivity index (χ0n) is 69.2. The van der Waals surface area contributed by atoms with Crippen LogP contribution >= 0.6 is 15.6 Å². The highest BCUT2D eigenvalue weighted by Gasteiger charge is 2.29. The lowest BCUT2D eigenvalue weighted by Crippen LogP contribution is -2.30. The fraction of sp³-hybridized carbons (Fsp3) is 0.747. The van der Waals surface area contributed by atoms with Crippen LogP contribution in [-0.4, -0.2) is 95.9 Å². The lowest BCUT2D eigenvalue weighted by molar-refractivity contribution is -0.161. The molecule has 0 rings (SSSR count). The van der Waals surface area contributed by atoms with Crippen LogP contribution in [0, 0.1) is 0 Å². The highest BCUT2D eigenvalue weighted by molar-refractivity contribution is 7.47. The number of carbonyl (C=O) groups is 3. The van der Waals surface area contributed by atoms with Gasteiger partial charge in [0, 0.05) is 19.3 Å². The number of phosphoric acid groups is 2. The third kappa shape index (κ3) is 84.7. The summed E-state index contributed by atoms with van der Waals surface area (Å²) >= 11 is 0. The Bertz CT molecular complexity index is 2460. The topological polar surface area (TPSA) is 231 Å². The van der Waals surface area contributed by atoms with E-state index in [0.717, 1.165) is 141 Å². The first-order valence-corrected chi connectivity index (χ1v) is 46.8. The Balaban J connectivity index is 4.45. The van der Waals surface area contributed by atoms with Crippen LogP contribution in [0.5, 0.6) is 0 Å². The number of carbonyl (C=O) groups excluding carboxylic acids is 3. The summed E-state index contributed by atoms with van der Waals surface area (Å²) in [5.41, 5.74) is 0. The average Bonchev–Trinajstić information content (AvgIpc) is 0.903. The van der Waals surface area contributed by atoms with Gasteiger partial charge in [-0.25, -0.2) is 9.13 Å². The van der Waals surface area contributed by atoms with E-state index in [2.05, 4.69) is 142 Å². The van der Waals surface area contributed by atoms with Crippen LogP contribution in [0.1, 0.15) is 380 Å². The van der Waals surface area contributed by atoms with Gasteiger partial charge in [0.05, 0.1) is 26.4 Å². The van der Waals surface area contributed by atoms with E-state index in [4.69, 9.17) is 32.3 Å². The second-order valence-corrected chi connectivity index (χ2v) is 32.2. The lowest BCUT2D eigenvalue weighted by Gasteiger charge is -2.21. The van der Waals surface area contributed by atoms with E-state index in [0.29, 0.717) is 19.3 Å². The Kier molecular flexibility index (Phi) is 80.3. The fourth-order valence-electron chi connectivity index (χ4n) is 12.1. The van der Waals surface area contributed by atoms with Crippen molar-refractivity contribution < 1.29 is 75.8 Å². The van der Waals surface area contributed by atoms with Crippen LogP contribution in [0.2, 0.25) is 0 Å². The summed E-state index contributed by atoms with van der Waals surface area (Å²) in [6.07, 6.45) is 101. The van der Waals surface area contributed by atoms with Crippen molar-refractivity contribution in [1.82, 2.24) is 0 Å². The SMILES string of the molecule is CC/C=C\C/C=C\C/C=C\C/C=C\C/C=C\CCCCCCCCCCCCCCCCCCCC(=O)OCC(O)COP(=O)(O)OCC(O)COP(=O)(O)OCC(COC(=O)CCCCCCCCCCC/C=C\C/C=C\C/C=C\C/C=C\C/C=C\CC)OC(=O)CCCCCCCCCCCCCCCCC. The molecule has 0 bridgehead atoms. The third-order valence-electron chi connectivity index (χ3n) is 18.7. The minimum absolute atomic E-state index is 0.107. The normalized spacial score (nSPS) is 14.4. The number of ether oxygens (including phenoxy) is 3. The quantitative estimate of drug-likeness (QED) is 0.0146. The second-order valence-electron chi connectivity index (χ2n) is 29.3. The van der Waals surface area contributed by atoms with Crippen LogP contribution in [0.15, 0.2) is 122 Å². The molecule has 16 nitrogen and oxygen atoms in total. The standard InChI is InChI=1S/C91H160O16P2/c1-4-7-10-13-16-19-22-25-28-30-32-34-36-38-39-40-41-42-43-44-45-47-49-50-52-54-57-59-62-65-68-71-74-77-89(94)101-80-86(92)81-103-108(97,98)104-82-87(93)83-105-109(99,100)106-85-88(107-91(96)79-76-73-70-67-64-61-56-27-24-21-18-15-12-9-6-3)84-102-90(95)78-75-72-69-66-63-60-58-55-53-51-48-46-37-35-33-31-29-26-23-20-17-14-11-8-5-2/h7-8,10-11,16-17,19-20,25-26,28-29,32-35,38-39,46,48,86-88,92-93H,4-6,9,12-15,18,21-24,27,30-31,36-37,40-45,47,49-85H2,1-3H3,(H,97,98)(H,99,100)/b10-7-,11-8-,19-16-,20-17-,28-25-,29-26-,34-32-,35-33-,39-38-,48-46-. The third-order valence-corrected chi connectivity index (χ3v) is 20.6. The summed E-state index contributed by atoms with van der Waals surface area (Å²) in [5.74, 6) is -1.56. The van der Waals surface area contributed by atoms with Gasteiger partial charge in [-0.2, -0.15) is 0 Å². The Morgan fingerprint density at radius 1 is 0.266 bits per heavy atom. The number of aliphatic hydroxyl groups excluding tert-OH is 2. The molecule has 5 unspecified atom stereocenters. The Morgan fingerprint density at radius 3 is 0.771 bits per heavy atom. The van der Waals surface area contributed by atoms with Crippen molar-refractivity contribution in [3.8, 4) is 0 Å². The van der Waals surface area contributed by atoms with E-state index in [1.807, 2.05) is 0 Å². The molecule has 0 heterocycles. The van der Waals surface area contributed by atoms with Crippen molar-refractivity contribution in [3.63, 3.8) is 0 Å². The molecule has 0 aromatic rings. The van der Waals surface area contributed by atoms with Gasteiger partial charge in [-0.1, -0.05) is 373 Å². The number of rotatable bonds is 83. The van der Waals surface area contributed by atoms with E-state index >= 15 is 0 Å². The number of esters is 3. The van der Waals surface area contributed by atoms with Gasteiger partial charge in [-0.05, 0) is 109 Å². The van der Waals surface area contributed by atoms with Gasteiger partial charge in [-0.15, -0.1) is 0 Å². The molecule has 0 fully saturated rings. The zero-order chi connectivity index (χ0) is 79.4. The molecule has 18 heteroatoms. The molecule has 0 aromatic carbocycles. The van der Waals surface area contributed by atoms with E-state index in [9.17, 15) is 43.5 Å². The summed E-state index contributed by atoms with van der Waals surface area (Å²) < 4.78 is 61.3. The maximum Gasteiger partial charge on any atom is 0.472 e. The van der Waals surface area contributed by atoms with Crippen molar-refractivity contribution in [2.75, 3.05) is 39.6 Å². The van der Waals surface area contributed by atoms with E-state index in [1.165, 1.54) is 180 Å². The summed E-state index contributed by atoms with van der Waals surface area (Å²) in [6, 6.07) is 0. The molecule has 0 aromatic heterocycles. The number of hydrogen-bond donors (Lipinski definition) is 4. The van der Waals surface area contributed by atoms with Crippen LogP contribution in [0.3, 0.4) is 0 Å². The minimum Gasteiger partial charge on any atom is -0.463 e. The first-order valence-electron chi connectivity index (χ1n) is 43.8. The molecular formula is C91H160O16P2. The largest absolute Gasteiger partial charge is 0.472 e. The summed E-state index contributed by atoms with van der Waals surface area (Å²) in [4.78, 5) is 58.8. The molecule has 0 spiro atoms. The van der Waals surface area contributed by atoms with Gasteiger partial charge in [0.2, 0.25) is 0 Å². The first-order chi connectivity index (χ1) is 53.2. The smallest absolute Gasteiger partial charge is 0.463 e. The van der Waals surface area contributed by atoms with Gasteiger partial charge in [-0.3, -0.25) is 32.5 Å². The molecule has 0 aliphatic heterocycles. The molecule has 0 saturated heterocycles. The summed E-state index contributed by atoms with van der Waals surface area (Å²) in [6.45, 7) is 2.51. The molecule has 0 aliphatic carbocycles. The minimum atomic E-state index is -4.93. The van der Waals surface area contributed by atoms with Crippen LogP contribution in [0.25, 0.3) is 0 Å². The molecule has 109 heavy (non-hydrogen) atoms. The molecule has 0 saturated carbocycles. The van der Waals surface area contributed by atoms with E-state index in [1.54, 1.807) is 0 Å². The van der Waals surface area contributed by atoms with Crippen molar-refractivity contribution >= 4 is 33.6 Å². The predicted molar refractivity (Wildman–Crippen MR) is 454 cm³/mol. The summed E-state index contributed by atoms with van der Waals surface area (Å²) in [5, 5.41) is 20.7. The zero-order valence-corrected chi connectivity index (χ0v) is 71.0. The van der Waals surface area contributed by atoms with Gasteiger partial charge < -0.3 is 34.2 Å². The number of allylic oxidation sites excluding steroid dienone is 20. The van der Waals surface area contributed by atoms with Gasteiger partial charge in [0.1, 0.15) is 25.4 Å². The van der Waals surface area contributed by atoms with Crippen molar-refractivity contribution in [2.24, 2.45) is 0 Å².